The highest BCUT2D eigenvalue weighted by Crippen LogP contribution is 2.25. The van der Waals surface area contributed by atoms with Gasteiger partial charge in [-0.3, -0.25) is 4.79 Å². The van der Waals surface area contributed by atoms with Crippen molar-refractivity contribution in [1.82, 2.24) is 0 Å². The van der Waals surface area contributed by atoms with Gasteiger partial charge in [-0.05, 0) is 49.8 Å². The van der Waals surface area contributed by atoms with Crippen molar-refractivity contribution in [2.75, 3.05) is 16.8 Å². The highest BCUT2D eigenvalue weighted by atomic mass is 32.2. The lowest BCUT2D eigenvalue weighted by Gasteiger charge is -2.29. The van der Waals surface area contributed by atoms with Crippen LogP contribution in [0.1, 0.15) is 31.7 Å². The standard InChI is InChI=1S/C16H23NO4S.C2HF3O2/c1-12(14-7-9-22(20,21)10-8-14)17-15-4-2-3-13(11-15)5-6-16(18)19;3-2(4,5)1(6)7/h2-4,11-12,14,17H,5-10H2,1H3,(H,18,19);(H,6,7). The lowest BCUT2D eigenvalue weighted by Crippen LogP contribution is -2.33. The molecule has 1 aliphatic heterocycles. The molecule has 1 unspecified atom stereocenters. The highest BCUT2D eigenvalue weighted by molar-refractivity contribution is 7.91. The average molecular weight is 439 g/mol. The lowest BCUT2D eigenvalue weighted by molar-refractivity contribution is -0.192. The minimum absolute atomic E-state index is 0.124. The second-order valence-electron chi connectivity index (χ2n) is 6.82. The van der Waals surface area contributed by atoms with Crippen LogP contribution in [0.15, 0.2) is 24.3 Å². The van der Waals surface area contributed by atoms with Crippen LogP contribution in [0.5, 0.6) is 0 Å². The summed E-state index contributed by atoms with van der Waals surface area (Å²) in [5.74, 6) is -2.64. The predicted molar refractivity (Wildman–Crippen MR) is 101 cm³/mol. The van der Waals surface area contributed by atoms with Crippen molar-refractivity contribution in [2.24, 2.45) is 5.92 Å². The number of alkyl halides is 3. The summed E-state index contributed by atoms with van der Waals surface area (Å²) >= 11 is 0. The van der Waals surface area contributed by atoms with Crippen molar-refractivity contribution < 1.29 is 41.4 Å². The molecule has 164 valence electrons. The van der Waals surface area contributed by atoms with Crippen LogP contribution in [-0.4, -0.2) is 54.3 Å². The van der Waals surface area contributed by atoms with E-state index < -0.39 is 28.0 Å². The topological polar surface area (TPSA) is 121 Å². The molecule has 0 aromatic heterocycles. The van der Waals surface area contributed by atoms with Crippen molar-refractivity contribution >= 4 is 27.5 Å². The molecule has 0 spiro atoms. The summed E-state index contributed by atoms with van der Waals surface area (Å²) in [7, 11) is -2.83. The van der Waals surface area contributed by atoms with Gasteiger partial charge in [0.2, 0.25) is 0 Å². The first-order chi connectivity index (χ1) is 13.3. The number of carboxylic acid groups (broad SMARTS) is 2. The Hall–Kier alpha value is -2.30. The van der Waals surface area contributed by atoms with Crippen LogP contribution in [0, 0.1) is 5.92 Å². The monoisotopic (exact) mass is 439 g/mol. The Kier molecular flexibility index (Phi) is 8.93. The molecule has 1 heterocycles. The minimum atomic E-state index is -5.08. The molecule has 1 atom stereocenters. The van der Waals surface area contributed by atoms with Crippen molar-refractivity contribution in [1.29, 1.82) is 0 Å². The lowest BCUT2D eigenvalue weighted by atomic mass is 9.94. The molecule has 0 aliphatic carbocycles. The summed E-state index contributed by atoms with van der Waals surface area (Å²) in [5, 5.41) is 19.3. The number of aryl methyl sites for hydroxylation is 1. The van der Waals surface area contributed by atoms with E-state index in [0.29, 0.717) is 25.2 Å². The first-order valence-corrected chi connectivity index (χ1v) is 10.7. The molecule has 1 fully saturated rings. The Balaban J connectivity index is 0.000000516. The van der Waals surface area contributed by atoms with E-state index in [1.807, 2.05) is 24.3 Å². The first kappa shape index (κ1) is 24.7. The summed E-state index contributed by atoms with van der Waals surface area (Å²) in [6.45, 7) is 2.08. The second kappa shape index (κ2) is 10.5. The fraction of sp³-hybridized carbons (Fsp3) is 0.556. The maximum atomic E-state index is 11.5. The number of rotatable bonds is 6. The summed E-state index contributed by atoms with van der Waals surface area (Å²) in [5.41, 5.74) is 1.95. The third-order valence-electron chi connectivity index (χ3n) is 4.50. The van der Waals surface area contributed by atoms with E-state index in [9.17, 15) is 26.4 Å². The molecule has 0 bridgehead atoms. The number of carbonyl (C=O) groups is 2. The van der Waals surface area contributed by atoms with E-state index in [1.165, 1.54) is 0 Å². The number of anilines is 1. The molecule has 0 radical (unpaired) electrons. The van der Waals surface area contributed by atoms with Gasteiger partial charge in [0.25, 0.3) is 0 Å². The summed E-state index contributed by atoms with van der Waals surface area (Å²) in [4.78, 5) is 19.5. The van der Waals surface area contributed by atoms with Crippen LogP contribution in [0.4, 0.5) is 18.9 Å². The van der Waals surface area contributed by atoms with Crippen molar-refractivity contribution in [3.8, 4) is 0 Å². The number of hydrogen-bond acceptors (Lipinski definition) is 5. The van der Waals surface area contributed by atoms with E-state index in [-0.39, 0.29) is 24.0 Å². The van der Waals surface area contributed by atoms with E-state index >= 15 is 0 Å². The van der Waals surface area contributed by atoms with Crippen LogP contribution >= 0.6 is 0 Å². The molecule has 11 heteroatoms. The summed E-state index contributed by atoms with van der Waals surface area (Å²) in [6.07, 6.45) is -3.04. The number of hydrogen-bond donors (Lipinski definition) is 3. The second-order valence-corrected chi connectivity index (χ2v) is 9.12. The third kappa shape index (κ3) is 9.64. The zero-order valence-electron chi connectivity index (χ0n) is 15.8. The Bertz CT molecular complexity index is 796. The molecule has 0 amide bonds. The van der Waals surface area contributed by atoms with Gasteiger partial charge in [-0.25, -0.2) is 13.2 Å². The van der Waals surface area contributed by atoms with Gasteiger partial charge < -0.3 is 15.5 Å². The Labute approximate surface area is 166 Å². The number of nitrogens with one attached hydrogen (secondary N) is 1. The molecule has 1 aliphatic rings. The Morgan fingerprint density at radius 3 is 2.24 bits per heavy atom. The van der Waals surface area contributed by atoms with Gasteiger partial charge in [-0.15, -0.1) is 0 Å². The predicted octanol–water partition coefficient (Wildman–Crippen LogP) is 2.96. The average Bonchev–Trinajstić information content (AvgIpc) is 2.60. The largest absolute Gasteiger partial charge is 0.490 e. The fourth-order valence-corrected chi connectivity index (χ4v) is 4.38. The van der Waals surface area contributed by atoms with Crippen molar-refractivity contribution in [3.63, 3.8) is 0 Å². The van der Waals surface area contributed by atoms with Gasteiger partial charge in [0.05, 0.1) is 11.5 Å². The number of carboxylic acids is 2. The SMILES string of the molecule is CC(Nc1cccc(CCC(=O)O)c1)C1CCS(=O)(=O)CC1.O=C(O)C(F)(F)F. The van der Waals surface area contributed by atoms with E-state index in [2.05, 4.69) is 12.2 Å². The maximum absolute atomic E-state index is 11.5. The molecule has 0 saturated carbocycles. The molecule has 1 saturated heterocycles. The molecular formula is C18H24F3NO6S. The first-order valence-electron chi connectivity index (χ1n) is 8.88. The molecule has 2 rings (SSSR count). The highest BCUT2D eigenvalue weighted by Gasteiger charge is 2.38. The molecule has 29 heavy (non-hydrogen) atoms. The van der Waals surface area contributed by atoms with Gasteiger partial charge in [0, 0.05) is 18.2 Å². The van der Waals surface area contributed by atoms with Crippen molar-refractivity contribution in [3.05, 3.63) is 29.8 Å². The number of sulfone groups is 1. The minimum Gasteiger partial charge on any atom is -0.481 e. The van der Waals surface area contributed by atoms with Crippen LogP contribution in [0.2, 0.25) is 0 Å². The fourth-order valence-electron chi connectivity index (χ4n) is 2.86. The third-order valence-corrected chi connectivity index (χ3v) is 6.21. The zero-order chi connectivity index (χ0) is 22.2. The van der Waals surface area contributed by atoms with Crippen molar-refractivity contribution in [2.45, 2.75) is 44.8 Å². The van der Waals surface area contributed by atoms with Gasteiger partial charge >= 0.3 is 18.1 Å². The van der Waals surface area contributed by atoms with Gasteiger partial charge in [0.1, 0.15) is 9.84 Å². The maximum Gasteiger partial charge on any atom is 0.490 e. The van der Waals surface area contributed by atoms with Crippen LogP contribution in [-0.2, 0) is 25.8 Å². The van der Waals surface area contributed by atoms with Gasteiger partial charge in [-0.2, -0.15) is 13.2 Å². The summed E-state index contributed by atoms with van der Waals surface area (Å²) in [6, 6.07) is 7.97. The molecule has 7 nitrogen and oxygen atoms in total. The molecule has 1 aromatic rings. The summed E-state index contributed by atoms with van der Waals surface area (Å²) < 4.78 is 54.7. The van der Waals surface area contributed by atoms with Crippen LogP contribution in [0.3, 0.4) is 0 Å². The van der Waals surface area contributed by atoms with E-state index in [0.717, 1.165) is 11.3 Å². The van der Waals surface area contributed by atoms with E-state index in [4.69, 9.17) is 15.0 Å². The molecular weight excluding hydrogens is 415 g/mol. The van der Waals surface area contributed by atoms with Gasteiger partial charge in [-0.1, -0.05) is 12.1 Å². The Morgan fingerprint density at radius 2 is 1.76 bits per heavy atom. The molecule has 1 aromatic carbocycles. The number of benzene rings is 1. The normalized spacial score (nSPS) is 17.5. The number of halogens is 3. The quantitative estimate of drug-likeness (QED) is 0.623. The van der Waals surface area contributed by atoms with Crippen LogP contribution in [0.25, 0.3) is 0 Å². The van der Waals surface area contributed by atoms with E-state index in [1.54, 1.807) is 0 Å². The van der Waals surface area contributed by atoms with Gasteiger partial charge in [0.15, 0.2) is 0 Å². The smallest absolute Gasteiger partial charge is 0.481 e. The molecule has 3 N–H and O–H groups in total. The Morgan fingerprint density at radius 1 is 1.21 bits per heavy atom. The zero-order valence-corrected chi connectivity index (χ0v) is 16.6. The van der Waals surface area contributed by atoms with Crippen LogP contribution < -0.4 is 5.32 Å². The number of aliphatic carboxylic acids is 2.